The second kappa shape index (κ2) is 8.85. The van der Waals surface area contributed by atoms with Gasteiger partial charge in [0.2, 0.25) is 0 Å². The highest BCUT2D eigenvalue weighted by molar-refractivity contribution is 7.10. The number of pyridine rings is 1. The van der Waals surface area contributed by atoms with Crippen molar-refractivity contribution in [2.24, 2.45) is 4.99 Å². The molecule has 2 aromatic rings. The topological polar surface area (TPSA) is 52.6 Å². The number of aromatic nitrogens is 1. The summed E-state index contributed by atoms with van der Waals surface area (Å²) < 4.78 is 0. The number of aliphatic imine (C=N–C) groups is 1. The Kier molecular flexibility index (Phi) is 6.82. The van der Waals surface area contributed by atoms with Gasteiger partial charge in [-0.15, -0.1) is 11.3 Å². The molecule has 6 heteroatoms. The van der Waals surface area contributed by atoms with E-state index in [-0.39, 0.29) is 5.41 Å². The van der Waals surface area contributed by atoms with E-state index in [0.717, 1.165) is 30.4 Å². The summed E-state index contributed by atoms with van der Waals surface area (Å²) in [5.41, 5.74) is 1.18. The van der Waals surface area contributed by atoms with Gasteiger partial charge in [0.25, 0.3) is 0 Å². The van der Waals surface area contributed by atoms with Crippen molar-refractivity contribution in [3.63, 3.8) is 0 Å². The first kappa shape index (κ1) is 19.2. The van der Waals surface area contributed by atoms with Gasteiger partial charge < -0.3 is 15.5 Å². The third-order valence-electron chi connectivity index (χ3n) is 3.93. The van der Waals surface area contributed by atoms with E-state index in [1.807, 2.05) is 31.3 Å². The monoisotopic (exact) mass is 359 g/mol. The summed E-state index contributed by atoms with van der Waals surface area (Å²) in [5, 5.41) is 8.93. The third kappa shape index (κ3) is 5.46. The van der Waals surface area contributed by atoms with Crippen molar-refractivity contribution in [1.82, 2.24) is 15.6 Å². The lowest BCUT2D eigenvalue weighted by Gasteiger charge is -2.25. The fraction of sp³-hybridized carbons (Fsp3) is 0.474. The molecule has 2 aromatic heterocycles. The van der Waals surface area contributed by atoms with Crippen molar-refractivity contribution >= 4 is 23.1 Å². The Labute approximate surface area is 155 Å². The number of hydrogen-bond donors (Lipinski definition) is 2. The van der Waals surface area contributed by atoms with Crippen LogP contribution in [0, 0.1) is 0 Å². The molecule has 136 valence electrons. The molecule has 0 radical (unpaired) electrons. The quantitative estimate of drug-likeness (QED) is 0.589. The summed E-state index contributed by atoms with van der Waals surface area (Å²) >= 11 is 1.80. The third-order valence-corrected chi connectivity index (χ3v) is 5.16. The molecule has 2 rings (SSSR count). The second-order valence-corrected chi connectivity index (χ2v) is 7.74. The van der Waals surface area contributed by atoms with Crippen LogP contribution in [-0.4, -0.2) is 38.1 Å². The van der Waals surface area contributed by atoms with E-state index in [0.29, 0.717) is 6.54 Å². The Morgan fingerprint density at radius 2 is 2.04 bits per heavy atom. The lowest BCUT2D eigenvalue weighted by atomic mass is 9.91. The zero-order chi connectivity index (χ0) is 18.3. The van der Waals surface area contributed by atoms with Gasteiger partial charge in [-0.3, -0.25) is 0 Å². The molecular weight excluding hydrogens is 330 g/mol. The molecule has 0 unspecified atom stereocenters. The number of nitrogens with zero attached hydrogens (tertiary/aromatic N) is 3. The van der Waals surface area contributed by atoms with Crippen molar-refractivity contribution in [3.05, 3.63) is 46.3 Å². The molecule has 0 aliphatic rings. The Morgan fingerprint density at radius 1 is 1.24 bits per heavy atom. The average molecular weight is 360 g/mol. The summed E-state index contributed by atoms with van der Waals surface area (Å²) in [6.07, 6.45) is 1.82. The molecule has 2 N–H and O–H groups in total. The predicted octanol–water partition coefficient (Wildman–Crippen LogP) is 3.24. The maximum atomic E-state index is 4.74. The van der Waals surface area contributed by atoms with Gasteiger partial charge in [-0.05, 0) is 24.4 Å². The molecule has 0 aliphatic carbocycles. The maximum absolute atomic E-state index is 4.74. The van der Waals surface area contributed by atoms with Gasteiger partial charge in [0.1, 0.15) is 5.82 Å². The van der Waals surface area contributed by atoms with Gasteiger partial charge in [-0.25, -0.2) is 9.98 Å². The van der Waals surface area contributed by atoms with E-state index in [9.17, 15) is 0 Å². The lowest BCUT2D eigenvalue weighted by molar-refractivity contribution is 0.518. The van der Waals surface area contributed by atoms with E-state index < -0.39 is 0 Å². The standard InChI is InChI=1S/C19H29N5S/c1-6-20-18(23-14-19(2,3)16-10-8-12-25-16)22-13-15-9-7-11-21-17(15)24(4)5/h7-12H,6,13-14H2,1-5H3,(H2,20,22,23). The molecule has 0 spiro atoms. The minimum absolute atomic E-state index is 0.0630. The van der Waals surface area contributed by atoms with E-state index in [1.165, 1.54) is 4.88 Å². The fourth-order valence-electron chi connectivity index (χ4n) is 2.52. The molecule has 0 fully saturated rings. The molecule has 0 aliphatic heterocycles. The molecule has 0 aromatic carbocycles. The van der Waals surface area contributed by atoms with Crippen LogP contribution in [0.15, 0.2) is 40.8 Å². The largest absolute Gasteiger partial charge is 0.362 e. The maximum Gasteiger partial charge on any atom is 0.191 e. The number of rotatable bonds is 7. The van der Waals surface area contributed by atoms with Crippen molar-refractivity contribution < 1.29 is 0 Å². The first-order valence-electron chi connectivity index (χ1n) is 8.61. The van der Waals surface area contributed by atoms with Gasteiger partial charge in [0, 0.05) is 49.2 Å². The van der Waals surface area contributed by atoms with Crippen molar-refractivity contribution in [2.45, 2.75) is 32.7 Å². The first-order chi connectivity index (χ1) is 11.9. The number of anilines is 1. The normalized spacial score (nSPS) is 12.1. The smallest absolute Gasteiger partial charge is 0.191 e. The van der Waals surface area contributed by atoms with Gasteiger partial charge in [0.05, 0.1) is 6.54 Å². The van der Waals surface area contributed by atoms with Gasteiger partial charge in [0.15, 0.2) is 5.96 Å². The molecule has 0 amide bonds. The minimum Gasteiger partial charge on any atom is -0.362 e. The first-order valence-corrected chi connectivity index (χ1v) is 9.49. The SMILES string of the molecule is CCNC(=NCc1cccnc1N(C)C)NCC(C)(C)c1cccs1. The van der Waals surface area contributed by atoms with Crippen molar-refractivity contribution in [1.29, 1.82) is 0 Å². The molecule has 0 saturated carbocycles. The highest BCUT2D eigenvalue weighted by Crippen LogP contribution is 2.26. The fourth-order valence-corrected chi connectivity index (χ4v) is 3.37. The zero-order valence-corrected chi connectivity index (χ0v) is 16.7. The molecule has 0 saturated heterocycles. The molecule has 0 atom stereocenters. The van der Waals surface area contributed by atoms with Crippen LogP contribution in [0.5, 0.6) is 0 Å². The summed E-state index contributed by atoms with van der Waals surface area (Å²) in [7, 11) is 4.01. The summed E-state index contributed by atoms with van der Waals surface area (Å²) in [4.78, 5) is 12.6. The van der Waals surface area contributed by atoms with Crippen molar-refractivity contribution in [2.75, 3.05) is 32.1 Å². The van der Waals surface area contributed by atoms with Gasteiger partial charge in [-0.1, -0.05) is 26.0 Å². The van der Waals surface area contributed by atoms with E-state index in [1.54, 1.807) is 11.3 Å². The summed E-state index contributed by atoms with van der Waals surface area (Å²) in [6, 6.07) is 8.32. The van der Waals surface area contributed by atoms with E-state index in [4.69, 9.17) is 4.99 Å². The van der Waals surface area contributed by atoms with Crippen LogP contribution in [-0.2, 0) is 12.0 Å². The number of nitrogens with one attached hydrogen (secondary N) is 2. The molecule has 0 bridgehead atoms. The number of thiophene rings is 1. The Bertz CT molecular complexity index is 677. The summed E-state index contributed by atoms with van der Waals surface area (Å²) in [5.74, 6) is 1.79. The second-order valence-electron chi connectivity index (χ2n) is 6.79. The van der Waals surface area contributed by atoms with E-state index in [2.05, 4.69) is 60.0 Å². The van der Waals surface area contributed by atoms with E-state index >= 15 is 0 Å². The van der Waals surface area contributed by atoms with Crippen molar-refractivity contribution in [3.8, 4) is 0 Å². The zero-order valence-electron chi connectivity index (χ0n) is 15.8. The highest BCUT2D eigenvalue weighted by Gasteiger charge is 2.21. The van der Waals surface area contributed by atoms with Crippen LogP contribution < -0.4 is 15.5 Å². The average Bonchev–Trinajstić information content (AvgIpc) is 3.13. The Balaban J connectivity index is 2.06. The van der Waals surface area contributed by atoms with Crippen LogP contribution >= 0.6 is 11.3 Å². The van der Waals surface area contributed by atoms with Crippen LogP contribution in [0.1, 0.15) is 31.2 Å². The van der Waals surface area contributed by atoms with Gasteiger partial charge >= 0.3 is 0 Å². The predicted molar refractivity (Wildman–Crippen MR) is 109 cm³/mol. The Hall–Kier alpha value is -2.08. The highest BCUT2D eigenvalue weighted by atomic mass is 32.1. The number of hydrogen-bond acceptors (Lipinski definition) is 4. The van der Waals surface area contributed by atoms with Crippen LogP contribution in [0.2, 0.25) is 0 Å². The molecule has 5 nitrogen and oxygen atoms in total. The van der Waals surface area contributed by atoms with Gasteiger partial charge in [-0.2, -0.15) is 0 Å². The van der Waals surface area contributed by atoms with Crippen LogP contribution in [0.25, 0.3) is 0 Å². The molecule has 25 heavy (non-hydrogen) atoms. The molecule has 2 heterocycles. The summed E-state index contributed by atoms with van der Waals surface area (Å²) in [6.45, 7) is 8.83. The van der Waals surface area contributed by atoms with Crippen LogP contribution in [0.3, 0.4) is 0 Å². The lowest BCUT2D eigenvalue weighted by Crippen LogP contribution is -2.43. The Morgan fingerprint density at radius 3 is 2.68 bits per heavy atom. The minimum atomic E-state index is 0.0630. The molecular formula is C19H29N5S. The number of guanidine groups is 1. The van der Waals surface area contributed by atoms with Crippen LogP contribution in [0.4, 0.5) is 5.82 Å².